The highest BCUT2D eigenvalue weighted by Crippen LogP contribution is 2.68. The second-order valence-corrected chi connectivity index (χ2v) is 9.71. The molecule has 0 amide bonds. The van der Waals surface area contributed by atoms with Gasteiger partial charge >= 0.3 is 0 Å². The summed E-state index contributed by atoms with van der Waals surface area (Å²) >= 11 is 0. The van der Waals surface area contributed by atoms with Crippen LogP contribution in [0.25, 0.3) is 0 Å². The smallest absolute Gasteiger partial charge is 0.0738 e. The summed E-state index contributed by atoms with van der Waals surface area (Å²) in [7, 11) is 0. The summed E-state index contributed by atoms with van der Waals surface area (Å²) < 4.78 is 0. The molecule has 0 unspecified atom stereocenters. The van der Waals surface area contributed by atoms with E-state index >= 15 is 0 Å². The van der Waals surface area contributed by atoms with E-state index in [1.807, 2.05) is 0 Å². The molecule has 4 fully saturated rings. The van der Waals surface area contributed by atoms with Crippen molar-refractivity contribution in [3.8, 4) is 0 Å². The Morgan fingerprint density at radius 2 is 1.75 bits per heavy atom. The fourth-order valence-electron chi connectivity index (χ4n) is 7.56. The van der Waals surface area contributed by atoms with Gasteiger partial charge in [0.05, 0.1) is 11.7 Å². The Kier molecular flexibility index (Phi) is 3.82. The normalized spacial score (nSPS) is 57.4. The number of fused-ring (bicyclic) bond motifs is 5. The number of hydrogen-bond donors (Lipinski definition) is 3. The summed E-state index contributed by atoms with van der Waals surface area (Å²) in [5, 5.41) is 34.3. The lowest BCUT2D eigenvalue weighted by atomic mass is 9.43. The van der Waals surface area contributed by atoms with Gasteiger partial charge in [-0.3, -0.25) is 0 Å². The van der Waals surface area contributed by atoms with E-state index in [1.165, 1.54) is 6.42 Å². The van der Waals surface area contributed by atoms with Crippen molar-refractivity contribution in [2.24, 2.45) is 39.7 Å². The molecular weight excluding hydrogens is 302 g/mol. The molecule has 24 heavy (non-hydrogen) atoms. The summed E-state index contributed by atoms with van der Waals surface area (Å²) in [5.74, 6) is 1.75. The maximum absolute atomic E-state index is 11.8. The Labute approximate surface area is 145 Å². The van der Waals surface area contributed by atoms with Gasteiger partial charge in [0, 0.05) is 17.5 Å². The predicted octanol–water partition coefficient (Wildman–Crippen LogP) is 3.58. The highest BCUT2D eigenvalue weighted by molar-refractivity contribution is 5.62. The first kappa shape index (κ1) is 16.8. The maximum Gasteiger partial charge on any atom is 0.0738 e. The molecule has 4 heteroatoms. The van der Waals surface area contributed by atoms with E-state index in [0.717, 1.165) is 51.4 Å². The Morgan fingerprint density at radius 3 is 2.50 bits per heavy atom. The van der Waals surface area contributed by atoms with Gasteiger partial charge in [0.15, 0.2) is 0 Å². The summed E-state index contributed by atoms with van der Waals surface area (Å²) in [5.41, 5.74) is -0.494. The zero-order valence-corrected chi connectivity index (χ0v) is 15.1. The topological polar surface area (TPSA) is 73.1 Å². The van der Waals surface area contributed by atoms with E-state index in [1.54, 1.807) is 6.21 Å². The standard InChI is InChI=1S/C20H33NO3/c1-18-8-6-15(22)11-13(18)3-4-17-16(18)7-9-19(2)14(12-21-24)5-10-20(17,19)23/h12-17,22-24H,3-11H2,1-2H3/b21-12-/t13-,14-,15+,16+,17-,18+,19-,20+/m1/s1. The van der Waals surface area contributed by atoms with Gasteiger partial charge in [0.1, 0.15) is 0 Å². The van der Waals surface area contributed by atoms with Crippen molar-refractivity contribution in [1.29, 1.82) is 0 Å². The summed E-state index contributed by atoms with van der Waals surface area (Å²) in [6.07, 6.45) is 10.7. The first-order valence-electron chi connectivity index (χ1n) is 9.93. The van der Waals surface area contributed by atoms with E-state index in [-0.39, 0.29) is 22.9 Å². The molecule has 0 aromatic rings. The molecule has 4 aliphatic carbocycles. The van der Waals surface area contributed by atoms with Gasteiger partial charge in [-0.25, -0.2) is 0 Å². The number of oxime groups is 1. The molecule has 0 heterocycles. The molecule has 0 saturated heterocycles. The molecule has 0 aromatic carbocycles. The number of hydrogen-bond acceptors (Lipinski definition) is 4. The predicted molar refractivity (Wildman–Crippen MR) is 93.0 cm³/mol. The lowest BCUT2D eigenvalue weighted by Crippen LogP contribution is -2.62. The monoisotopic (exact) mass is 335 g/mol. The molecule has 0 aromatic heterocycles. The zero-order chi connectivity index (χ0) is 17.2. The van der Waals surface area contributed by atoms with Crippen LogP contribution in [0.2, 0.25) is 0 Å². The highest BCUT2D eigenvalue weighted by atomic mass is 16.4. The van der Waals surface area contributed by atoms with Crippen LogP contribution in [0.4, 0.5) is 0 Å². The van der Waals surface area contributed by atoms with Gasteiger partial charge in [0.2, 0.25) is 0 Å². The number of nitrogens with zero attached hydrogens (tertiary/aromatic N) is 1. The van der Waals surface area contributed by atoms with Crippen LogP contribution in [0.5, 0.6) is 0 Å². The van der Waals surface area contributed by atoms with Crippen molar-refractivity contribution in [3.05, 3.63) is 0 Å². The van der Waals surface area contributed by atoms with Crippen molar-refractivity contribution in [1.82, 2.24) is 0 Å². The van der Waals surface area contributed by atoms with Crippen LogP contribution in [0, 0.1) is 34.5 Å². The molecule has 3 N–H and O–H groups in total. The fourth-order valence-corrected chi connectivity index (χ4v) is 7.56. The van der Waals surface area contributed by atoms with Crippen LogP contribution < -0.4 is 0 Å². The first-order valence-corrected chi connectivity index (χ1v) is 9.93. The van der Waals surface area contributed by atoms with E-state index in [4.69, 9.17) is 5.21 Å². The minimum Gasteiger partial charge on any atom is -0.411 e. The van der Waals surface area contributed by atoms with Crippen LogP contribution in [0.15, 0.2) is 5.16 Å². The van der Waals surface area contributed by atoms with Gasteiger partial charge in [-0.15, -0.1) is 5.16 Å². The average molecular weight is 335 g/mol. The van der Waals surface area contributed by atoms with Gasteiger partial charge in [-0.1, -0.05) is 13.8 Å². The number of aliphatic hydroxyl groups is 2. The van der Waals surface area contributed by atoms with Crippen LogP contribution in [0.3, 0.4) is 0 Å². The molecule has 0 spiro atoms. The third-order valence-electron chi connectivity index (χ3n) is 9.14. The fraction of sp³-hybridized carbons (Fsp3) is 0.950. The second-order valence-electron chi connectivity index (χ2n) is 9.71. The van der Waals surface area contributed by atoms with Crippen LogP contribution in [-0.2, 0) is 0 Å². The SMILES string of the molecule is C[C@]12CC[C@H](O)C[C@H]1CC[C@@H]1[C@@H]2CC[C@]2(C)[C@@H](/C=N\O)CC[C@]12O. The van der Waals surface area contributed by atoms with Gasteiger partial charge in [-0.2, -0.15) is 0 Å². The average Bonchev–Trinajstić information content (AvgIpc) is 2.81. The number of aliphatic hydroxyl groups excluding tert-OH is 1. The lowest BCUT2D eigenvalue weighted by molar-refractivity contribution is -0.206. The highest BCUT2D eigenvalue weighted by Gasteiger charge is 2.66. The van der Waals surface area contributed by atoms with E-state index in [9.17, 15) is 10.2 Å². The Morgan fingerprint density at radius 1 is 0.958 bits per heavy atom. The minimum absolute atomic E-state index is 0.117. The van der Waals surface area contributed by atoms with E-state index < -0.39 is 5.60 Å². The maximum atomic E-state index is 11.8. The number of rotatable bonds is 1. The quantitative estimate of drug-likeness (QED) is 0.389. The summed E-state index contributed by atoms with van der Waals surface area (Å²) in [6.45, 7) is 4.66. The Bertz CT molecular complexity index is 537. The molecule has 136 valence electrons. The largest absolute Gasteiger partial charge is 0.411 e. The molecular formula is C20H33NO3. The molecule has 0 aliphatic heterocycles. The summed E-state index contributed by atoms with van der Waals surface area (Å²) in [6, 6.07) is 0. The van der Waals surface area contributed by atoms with Crippen molar-refractivity contribution < 1.29 is 15.4 Å². The van der Waals surface area contributed by atoms with E-state index in [0.29, 0.717) is 17.8 Å². The molecule has 0 radical (unpaired) electrons. The van der Waals surface area contributed by atoms with Crippen LogP contribution >= 0.6 is 0 Å². The molecule has 4 saturated carbocycles. The Balaban J connectivity index is 1.66. The molecule has 0 bridgehead atoms. The molecule has 4 nitrogen and oxygen atoms in total. The van der Waals surface area contributed by atoms with Crippen molar-refractivity contribution >= 4 is 6.21 Å². The first-order chi connectivity index (χ1) is 11.3. The molecule has 4 aliphatic rings. The minimum atomic E-state index is -0.619. The lowest BCUT2D eigenvalue weighted by Gasteiger charge is -2.63. The van der Waals surface area contributed by atoms with Gasteiger partial charge in [-0.05, 0) is 81.0 Å². The zero-order valence-electron chi connectivity index (χ0n) is 15.1. The second kappa shape index (κ2) is 5.44. The van der Waals surface area contributed by atoms with Crippen molar-refractivity contribution in [3.63, 3.8) is 0 Å². The van der Waals surface area contributed by atoms with E-state index in [2.05, 4.69) is 19.0 Å². The van der Waals surface area contributed by atoms with Gasteiger partial charge < -0.3 is 15.4 Å². The Hall–Kier alpha value is -0.610. The summed E-state index contributed by atoms with van der Waals surface area (Å²) in [4.78, 5) is 0. The third-order valence-corrected chi connectivity index (χ3v) is 9.14. The van der Waals surface area contributed by atoms with Crippen molar-refractivity contribution in [2.45, 2.75) is 83.3 Å². The molecule has 4 rings (SSSR count). The molecule has 8 atom stereocenters. The van der Waals surface area contributed by atoms with Crippen LogP contribution in [0.1, 0.15) is 71.6 Å². The van der Waals surface area contributed by atoms with Crippen molar-refractivity contribution in [2.75, 3.05) is 0 Å². The van der Waals surface area contributed by atoms with Gasteiger partial charge in [0.25, 0.3) is 0 Å². The third kappa shape index (κ3) is 2.02. The van der Waals surface area contributed by atoms with Crippen LogP contribution in [-0.4, -0.2) is 33.3 Å².